The Bertz CT molecular complexity index is 700. The third-order valence-electron chi connectivity index (χ3n) is 3.98. The number of benzene rings is 2. The van der Waals surface area contributed by atoms with E-state index in [1.54, 1.807) is 31.3 Å². The smallest absolute Gasteiger partial charge is 0.262 e. The molecule has 0 aliphatic carbocycles. The van der Waals surface area contributed by atoms with Crippen LogP contribution in [-0.2, 0) is 0 Å². The first-order valence-electron chi connectivity index (χ1n) is 8.33. The van der Waals surface area contributed by atoms with Crippen LogP contribution in [0.1, 0.15) is 30.1 Å². The second kappa shape index (κ2) is 8.97. The summed E-state index contributed by atoms with van der Waals surface area (Å²) in [6.07, 6.45) is 1.91. The quantitative estimate of drug-likeness (QED) is 0.722. The summed E-state index contributed by atoms with van der Waals surface area (Å²) in [6.45, 7) is 2.74. The number of hydrogen-bond donors (Lipinski definition) is 0. The van der Waals surface area contributed by atoms with E-state index in [2.05, 4.69) is 6.92 Å². The monoisotopic (exact) mass is 343 g/mol. The molecule has 0 saturated heterocycles. The first-order valence-corrected chi connectivity index (χ1v) is 8.33. The lowest BCUT2D eigenvalue weighted by atomic mass is 10.1. The van der Waals surface area contributed by atoms with Crippen LogP contribution in [0.4, 0.5) is 5.69 Å². The summed E-state index contributed by atoms with van der Waals surface area (Å²) in [5.74, 6) is 1.35. The number of carbonyl (C=O) groups is 1. The van der Waals surface area contributed by atoms with Crippen molar-refractivity contribution in [1.82, 2.24) is 0 Å². The number of unbranched alkanes of at least 4 members (excludes halogenated alkanes) is 1. The van der Waals surface area contributed by atoms with Crippen molar-refractivity contribution in [2.24, 2.45) is 0 Å². The number of anilines is 1. The van der Waals surface area contributed by atoms with Crippen molar-refractivity contribution in [2.75, 3.05) is 32.8 Å². The molecular formula is C20H25NO4. The van der Waals surface area contributed by atoms with Gasteiger partial charge in [0, 0.05) is 24.4 Å². The maximum absolute atomic E-state index is 13.2. The van der Waals surface area contributed by atoms with Crippen molar-refractivity contribution in [3.8, 4) is 17.2 Å². The minimum atomic E-state index is -0.127. The minimum absolute atomic E-state index is 0.127. The average molecular weight is 343 g/mol. The van der Waals surface area contributed by atoms with Gasteiger partial charge >= 0.3 is 0 Å². The summed E-state index contributed by atoms with van der Waals surface area (Å²) in [4.78, 5) is 15.0. The van der Waals surface area contributed by atoms with Gasteiger partial charge in [0.05, 0.1) is 26.9 Å². The standard InChI is InChI=1S/C20H25NO4/c1-5-6-12-21(15-10-8-7-9-11-15)20(22)16-13-18(24-3)19(25-4)14-17(16)23-2/h7-11,13-14H,5-6,12H2,1-4H3. The number of rotatable bonds is 8. The SMILES string of the molecule is CCCCN(C(=O)c1cc(OC)c(OC)cc1OC)c1ccccc1. The van der Waals surface area contributed by atoms with Crippen molar-refractivity contribution in [3.63, 3.8) is 0 Å². The lowest BCUT2D eigenvalue weighted by Crippen LogP contribution is -2.32. The molecule has 5 heteroatoms. The Morgan fingerprint density at radius 1 is 0.920 bits per heavy atom. The number of methoxy groups -OCH3 is 3. The van der Waals surface area contributed by atoms with Crippen LogP contribution < -0.4 is 19.1 Å². The van der Waals surface area contributed by atoms with Crippen LogP contribution in [0, 0.1) is 0 Å². The number of ether oxygens (including phenoxy) is 3. The number of carbonyl (C=O) groups excluding carboxylic acids is 1. The van der Waals surface area contributed by atoms with Crippen molar-refractivity contribution in [1.29, 1.82) is 0 Å². The summed E-state index contributed by atoms with van der Waals surface area (Å²) in [5.41, 5.74) is 1.30. The van der Waals surface area contributed by atoms with Gasteiger partial charge in [0.2, 0.25) is 0 Å². The normalized spacial score (nSPS) is 10.2. The van der Waals surface area contributed by atoms with Crippen LogP contribution >= 0.6 is 0 Å². The van der Waals surface area contributed by atoms with Gasteiger partial charge in [-0.2, -0.15) is 0 Å². The van der Waals surface area contributed by atoms with Crippen LogP contribution in [0.25, 0.3) is 0 Å². The molecule has 0 spiro atoms. The molecule has 0 N–H and O–H groups in total. The Labute approximate surface area is 149 Å². The van der Waals surface area contributed by atoms with Crippen molar-refractivity contribution in [2.45, 2.75) is 19.8 Å². The van der Waals surface area contributed by atoms with E-state index >= 15 is 0 Å². The van der Waals surface area contributed by atoms with Gasteiger partial charge in [-0.05, 0) is 18.6 Å². The summed E-state index contributed by atoms with van der Waals surface area (Å²) in [5, 5.41) is 0. The number of nitrogens with zero attached hydrogens (tertiary/aromatic N) is 1. The predicted octanol–water partition coefficient (Wildman–Crippen LogP) is 4.16. The van der Waals surface area contributed by atoms with Gasteiger partial charge < -0.3 is 19.1 Å². The average Bonchev–Trinajstić information content (AvgIpc) is 2.67. The lowest BCUT2D eigenvalue weighted by Gasteiger charge is -2.24. The molecule has 0 aliphatic heterocycles. The van der Waals surface area contributed by atoms with Crippen molar-refractivity contribution < 1.29 is 19.0 Å². The molecule has 0 radical (unpaired) electrons. The molecule has 0 atom stereocenters. The zero-order valence-corrected chi connectivity index (χ0v) is 15.2. The highest BCUT2D eigenvalue weighted by Gasteiger charge is 2.23. The highest BCUT2D eigenvalue weighted by atomic mass is 16.5. The van der Waals surface area contributed by atoms with Crippen LogP contribution in [0.15, 0.2) is 42.5 Å². The van der Waals surface area contributed by atoms with Gasteiger partial charge in [-0.15, -0.1) is 0 Å². The molecule has 2 aromatic carbocycles. The zero-order valence-electron chi connectivity index (χ0n) is 15.2. The third-order valence-corrected chi connectivity index (χ3v) is 3.98. The van der Waals surface area contributed by atoms with E-state index in [1.807, 2.05) is 30.3 Å². The van der Waals surface area contributed by atoms with E-state index < -0.39 is 0 Å². The summed E-state index contributed by atoms with van der Waals surface area (Å²) < 4.78 is 16.1. The van der Waals surface area contributed by atoms with E-state index in [0.29, 0.717) is 29.4 Å². The zero-order chi connectivity index (χ0) is 18.2. The first kappa shape index (κ1) is 18.6. The molecule has 25 heavy (non-hydrogen) atoms. The van der Waals surface area contributed by atoms with E-state index in [-0.39, 0.29) is 5.91 Å². The molecule has 0 heterocycles. The van der Waals surface area contributed by atoms with Crippen LogP contribution in [0.5, 0.6) is 17.2 Å². The molecule has 5 nitrogen and oxygen atoms in total. The van der Waals surface area contributed by atoms with Crippen LogP contribution in [0.2, 0.25) is 0 Å². The Morgan fingerprint density at radius 2 is 1.52 bits per heavy atom. The van der Waals surface area contributed by atoms with Gasteiger partial charge in [0.25, 0.3) is 5.91 Å². The molecular weight excluding hydrogens is 318 g/mol. The van der Waals surface area contributed by atoms with E-state index in [1.165, 1.54) is 7.11 Å². The fourth-order valence-corrected chi connectivity index (χ4v) is 2.61. The Morgan fingerprint density at radius 3 is 2.08 bits per heavy atom. The Kier molecular flexibility index (Phi) is 6.69. The minimum Gasteiger partial charge on any atom is -0.496 e. The molecule has 0 aromatic heterocycles. The predicted molar refractivity (Wildman–Crippen MR) is 99.1 cm³/mol. The fourth-order valence-electron chi connectivity index (χ4n) is 2.61. The van der Waals surface area contributed by atoms with Gasteiger partial charge in [-0.1, -0.05) is 31.5 Å². The molecule has 0 fully saturated rings. The van der Waals surface area contributed by atoms with Gasteiger partial charge in [-0.25, -0.2) is 0 Å². The molecule has 0 unspecified atom stereocenters. The number of para-hydroxylation sites is 1. The molecule has 2 aromatic rings. The van der Waals surface area contributed by atoms with Crippen LogP contribution in [-0.4, -0.2) is 33.8 Å². The largest absolute Gasteiger partial charge is 0.496 e. The number of hydrogen-bond acceptors (Lipinski definition) is 4. The van der Waals surface area contributed by atoms with Gasteiger partial charge in [0.1, 0.15) is 5.75 Å². The Balaban J connectivity index is 2.47. The second-order valence-electron chi connectivity index (χ2n) is 5.55. The van der Waals surface area contributed by atoms with Crippen molar-refractivity contribution in [3.05, 3.63) is 48.0 Å². The molecule has 0 bridgehead atoms. The fraction of sp³-hybridized carbons (Fsp3) is 0.350. The van der Waals surface area contributed by atoms with Gasteiger partial charge in [0.15, 0.2) is 11.5 Å². The van der Waals surface area contributed by atoms with E-state index in [9.17, 15) is 4.79 Å². The third kappa shape index (κ3) is 4.24. The molecule has 0 aliphatic rings. The second-order valence-corrected chi connectivity index (χ2v) is 5.55. The Hall–Kier alpha value is -2.69. The maximum atomic E-state index is 13.2. The molecule has 134 valence electrons. The highest BCUT2D eigenvalue weighted by molar-refractivity contribution is 6.08. The van der Waals surface area contributed by atoms with Crippen molar-refractivity contribution >= 4 is 11.6 Å². The maximum Gasteiger partial charge on any atom is 0.262 e. The highest BCUT2D eigenvalue weighted by Crippen LogP contribution is 2.35. The van der Waals surface area contributed by atoms with Crippen LogP contribution in [0.3, 0.4) is 0 Å². The molecule has 1 amide bonds. The van der Waals surface area contributed by atoms with E-state index in [0.717, 1.165) is 18.5 Å². The summed E-state index contributed by atoms with van der Waals surface area (Å²) in [6, 6.07) is 13.0. The first-order chi connectivity index (χ1) is 12.2. The topological polar surface area (TPSA) is 48.0 Å². The van der Waals surface area contributed by atoms with E-state index in [4.69, 9.17) is 14.2 Å². The number of amides is 1. The lowest BCUT2D eigenvalue weighted by molar-refractivity contribution is 0.0983. The summed E-state index contributed by atoms with van der Waals surface area (Å²) >= 11 is 0. The summed E-state index contributed by atoms with van der Waals surface area (Å²) in [7, 11) is 4.64. The van der Waals surface area contributed by atoms with Gasteiger partial charge in [-0.3, -0.25) is 4.79 Å². The molecule has 2 rings (SSSR count). The molecule has 0 saturated carbocycles.